The number of hydrogen-bond donors (Lipinski definition) is 1. The molecule has 2 nitrogen and oxygen atoms in total. The maximum absolute atomic E-state index is 12.8. The van der Waals surface area contributed by atoms with E-state index in [0.717, 1.165) is 12.1 Å². The molecule has 0 atom stereocenters. The average Bonchev–Trinajstić information content (AvgIpc) is 2.97. The number of rotatable bonds is 3. The lowest BCUT2D eigenvalue weighted by Crippen LogP contribution is -2.03. The molecule has 0 spiro atoms. The van der Waals surface area contributed by atoms with Crippen LogP contribution >= 0.6 is 11.3 Å². The number of thiazole rings is 1. The number of benzene rings is 2. The lowest BCUT2D eigenvalue weighted by molar-refractivity contribution is -0.137. The summed E-state index contributed by atoms with van der Waals surface area (Å²) in [5.41, 5.74) is 1.16. The highest BCUT2D eigenvalue weighted by Gasteiger charge is 2.30. The van der Waals surface area contributed by atoms with Crippen LogP contribution in [-0.2, 0) is 6.18 Å². The van der Waals surface area contributed by atoms with E-state index in [9.17, 15) is 17.6 Å². The zero-order valence-electron chi connectivity index (χ0n) is 11.6. The molecule has 0 saturated heterocycles. The summed E-state index contributed by atoms with van der Waals surface area (Å²) in [5.74, 6) is -0.333. The molecule has 0 unspecified atom stereocenters. The van der Waals surface area contributed by atoms with Gasteiger partial charge in [0.15, 0.2) is 5.13 Å². The Morgan fingerprint density at radius 3 is 2.17 bits per heavy atom. The van der Waals surface area contributed by atoms with Crippen molar-refractivity contribution in [1.29, 1.82) is 0 Å². The molecule has 1 heterocycles. The molecule has 2 aromatic carbocycles. The number of halogens is 4. The molecule has 1 aromatic heterocycles. The molecule has 0 bridgehead atoms. The number of hydrogen-bond acceptors (Lipinski definition) is 3. The number of nitrogens with one attached hydrogen (secondary N) is 1. The molecule has 118 valence electrons. The van der Waals surface area contributed by atoms with E-state index in [2.05, 4.69) is 10.3 Å². The zero-order chi connectivity index (χ0) is 16.4. The van der Waals surface area contributed by atoms with Gasteiger partial charge < -0.3 is 5.32 Å². The van der Waals surface area contributed by atoms with Gasteiger partial charge in [0, 0.05) is 16.6 Å². The molecule has 23 heavy (non-hydrogen) atoms. The van der Waals surface area contributed by atoms with Crippen LogP contribution in [0.1, 0.15) is 5.56 Å². The Balaban J connectivity index is 1.77. The molecule has 3 aromatic rings. The standard InChI is InChI=1S/C16H10F4N2S/c17-12-5-7-13(8-6-12)21-15-22-14(9-23-15)10-1-3-11(4-2-10)16(18,19)20/h1-9H,(H,21,22). The summed E-state index contributed by atoms with van der Waals surface area (Å²) >= 11 is 1.31. The molecule has 0 aliphatic heterocycles. The third-order valence-corrected chi connectivity index (χ3v) is 3.87. The second-order valence-corrected chi connectivity index (χ2v) is 5.60. The van der Waals surface area contributed by atoms with Crippen molar-refractivity contribution in [1.82, 2.24) is 4.98 Å². The zero-order valence-corrected chi connectivity index (χ0v) is 12.4. The Morgan fingerprint density at radius 1 is 0.913 bits per heavy atom. The van der Waals surface area contributed by atoms with Crippen LogP contribution in [0.25, 0.3) is 11.3 Å². The molecule has 0 aliphatic carbocycles. The van der Waals surface area contributed by atoms with Gasteiger partial charge in [-0.1, -0.05) is 12.1 Å². The van der Waals surface area contributed by atoms with E-state index in [1.807, 2.05) is 0 Å². The van der Waals surface area contributed by atoms with Gasteiger partial charge in [0.05, 0.1) is 11.3 Å². The van der Waals surface area contributed by atoms with Gasteiger partial charge in [0.1, 0.15) is 5.82 Å². The van der Waals surface area contributed by atoms with E-state index >= 15 is 0 Å². The van der Waals surface area contributed by atoms with Crippen molar-refractivity contribution < 1.29 is 17.6 Å². The van der Waals surface area contributed by atoms with Crippen molar-refractivity contribution >= 4 is 22.2 Å². The Kier molecular flexibility index (Phi) is 4.04. The molecule has 0 aliphatic rings. The summed E-state index contributed by atoms with van der Waals surface area (Å²) in [6.45, 7) is 0. The van der Waals surface area contributed by atoms with E-state index in [4.69, 9.17) is 0 Å². The highest BCUT2D eigenvalue weighted by Crippen LogP contribution is 2.32. The monoisotopic (exact) mass is 338 g/mol. The summed E-state index contributed by atoms with van der Waals surface area (Å²) in [7, 11) is 0. The van der Waals surface area contributed by atoms with Crippen molar-refractivity contribution in [3.63, 3.8) is 0 Å². The first-order chi connectivity index (χ1) is 10.9. The third kappa shape index (κ3) is 3.68. The minimum atomic E-state index is -4.35. The lowest BCUT2D eigenvalue weighted by Gasteiger charge is -2.06. The molecule has 7 heteroatoms. The average molecular weight is 338 g/mol. The number of nitrogens with zero attached hydrogens (tertiary/aromatic N) is 1. The van der Waals surface area contributed by atoms with Gasteiger partial charge in [0.25, 0.3) is 0 Å². The second kappa shape index (κ2) is 6.00. The molecule has 0 radical (unpaired) electrons. The Bertz CT molecular complexity index is 792. The first-order valence-electron chi connectivity index (χ1n) is 6.57. The predicted molar refractivity (Wildman–Crippen MR) is 82.2 cm³/mol. The van der Waals surface area contributed by atoms with Gasteiger partial charge in [-0.05, 0) is 36.4 Å². The van der Waals surface area contributed by atoms with Crippen molar-refractivity contribution in [2.24, 2.45) is 0 Å². The van der Waals surface area contributed by atoms with Gasteiger partial charge in [0.2, 0.25) is 0 Å². The molecule has 3 rings (SSSR count). The SMILES string of the molecule is Fc1ccc(Nc2nc(-c3ccc(C(F)(F)F)cc3)cs2)cc1. The smallest absolute Gasteiger partial charge is 0.332 e. The van der Waals surface area contributed by atoms with Crippen LogP contribution in [0.15, 0.2) is 53.9 Å². The molecular weight excluding hydrogens is 328 g/mol. The number of alkyl halides is 3. The molecule has 0 amide bonds. The fourth-order valence-electron chi connectivity index (χ4n) is 1.95. The van der Waals surface area contributed by atoms with Crippen molar-refractivity contribution in [3.05, 3.63) is 65.3 Å². The quantitative estimate of drug-likeness (QED) is 0.619. The normalized spacial score (nSPS) is 11.5. The Morgan fingerprint density at radius 2 is 1.57 bits per heavy atom. The van der Waals surface area contributed by atoms with Crippen LogP contribution < -0.4 is 5.32 Å². The summed E-state index contributed by atoms with van der Waals surface area (Å²) < 4.78 is 50.5. The summed E-state index contributed by atoms with van der Waals surface area (Å²) in [6.07, 6.45) is -4.35. The molecule has 1 N–H and O–H groups in total. The maximum atomic E-state index is 12.8. The van der Waals surface area contributed by atoms with Crippen LogP contribution in [0.4, 0.5) is 28.4 Å². The highest BCUT2D eigenvalue weighted by atomic mass is 32.1. The van der Waals surface area contributed by atoms with E-state index < -0.39 is 11.7 Å². The van der Waals surface area contributed by atoms with E-state index in [1.54, 1.807) is 17.5 Å². The van der Waals surface area contributed by atoms with E-state index in [0.29, 0.717) is 22.1 Å². The number of anilines is 2. The fraction of sp³-hybridized carbons (Fsp3) is 0.0625. The minimum Gasteiger partial charge on any atom is -0.332 e. The largest absolute Gasteiger partial charge is 0.416 e. The maximum Gasteiger partial charge on any atom is 0.416 e. The van der Waals surface area contributed by atoms with Crippen LogP contribution in [0.2, 0.25) is 0 Å². The van der Waals surface area contributed by atoms with Crippen LogP contribution in [0.5, 0.6) is 0 Å². The van der Waals surface area contributed by atoms with Gasteiger partial charge in [-0.2, -0.15) is 13.2 Å². The molecular formula is C16H10F4N2S. The second-order valence-electron chi connectivity index (χ2n) is 4.74. The summed E-state index contributed by atoms with van der Waals surface area (Å²) in [6, 6.07) is 10.6. The third-order valence-electron chi connectivity index (χ3n) is 3.11. The summed E-state index contributed by atoms with van der Waals surface area (Å²) in [4.78, 5) is 4.32. The van der Waals surface area contributed by atoms with E-state index in [-0.39, 0.29) is 5.82 Å². The number of aromatic nitrogens is 1. The van der Waals surface area contributed by atoms with E-state index in [1.165, 1.54) is 35.6 Å². The lowest BCUT2D eigenvalue weighted by atomic mass is 10.1. The van der Waals surface area contributed by atoms with Crippen LogP contribution in [-0.4, -0.2) is 4.98 Å². The topological polar surface area (TPSA) is 24.9 Å². The van der Waals surface area contributed by atoms with Gasteiger partial charge in [-0.25, -0.2) is 9.37 Å². The van der Waals surface area contributed by atoms with Gasteiger partial charge >= 0.3 is 6.18 Å². The Labute approximate surface area is 133 Å². The van der Waals surface area contributed by atoms with Gasteiger partial charge in [-0.3, -0.25) is 0 Å². The minimum absolute atomic E-state index is 0.333. The predicted octanol–water partition coefficient (Wildman–Crippen LogP) is 5.71. The van der Waals surface area contributed by atoms with Crippen molar-refractivity contribution in [3.8, 4) is 11.3 Å². The van der Waals surface area contributed by atoms with Crippen LogP contribution in [0, 0.1) is 5.82 Å². The van der Waals surface area contributed by atoms with Crippen LogP contribution in [0.3, 0.4) is 0 Å². The van der Waals surface area contributed by atoms with Crippen molar-refractivity contribution in [2.45, 2.75) is 6.18 Å². The summed E-state index contributed by atoms with van der Waals surface area (Å²) in [5, 5.41) is 5.34. The Hall–Kier alpha value is -2.41. The first kappa shape index (κ1) is 15.5. The molecule has 0 fully saturated rings. The van der Waals surface area contributed by atoms with Gasteiger partial charge in [-0.15, -0.1) is 11.3 Å². The molecule has 0 saturated carbocycles. The highest BCUT2D eigenvalue weighted by molar-refractivity contribution is 7.14. The first-order valence-corrected chi connectivity index (χ1v) is 7.45. The fourth-order valence-corrected chi connectivity index (χ4v) is 2.69. The van der Waals surface area contributed by atoms with Crippen molar-refractivity contribution in [2.75, 3.05) is 5.32 Å².